The molecule has 0 saturated carbocycles. The molecule has 0 aliphatic heterocycles. The van der Waals surface area contributed by atoms with Crippen LogP contribution in [0.1, 0.15) is 25.1 Å². The topological polar surface area (TPSA) is 41.9 Å². The third-order valence-corrected chi connectivity index (χ3v) is 3.51. The fourth-order valence-corrected chi connectivity index (χ4v) is 2.47. The molecule has 2 aromatic rings. The molecule has 1 heterocycles. The second-order valence-corrected chi connectivity index (χ2v) is 5.99. The first-order valence-corrected chi connectivity index (χ1v) is 7.59. The predicted molar refractivity (Wildman–Crippen MR) is 92.0 cm³/mol. The van der Waals surface area contributed by atoms with E-state index in [0.29, 0.717) is 11.7 Å². The predicted octanol–water partition coefficient (Wildman–Crippen LogP) is 3.59. The van der Waals surface area contributed by atoms with Crippen LogP contribution in [-0.4, -0.2) is 20.9 Å². The molecule has 0 bridgehead atoms. The Morgan fingerprint density at radius 1 is 1.38 bits per heavy atom. The molecule has 0 unspecified atom stereocenters. The van der Waals surface area contributed by atoms with Crippen LogP contribution in [0.3, 0.4) is 0 Å². The molecule has 0 aliphatic carbocycles. The van der Waals surface area contributed by atoms with Crippen molar-refractivity contribution in [3.05, 3.63) is 46.6 Å². The molecule has 0 amide bonds. The molecule has 4 nitrogen and oxygen atoms in total. The zero-order chi connectivity index (χ0) is 15.4. The zero-order valence-corrected chi connectivity index (χ0v) is 13.9. The lowest BCUT2D eigenvalue weighted by Gasteiger charge is -2.11. The first-order valence-electron chi connectivity index (χ1n) is 6.81. The number of benzene rings is 1. The minimum Gasteiger partial charge on any atom is -0.360 e. The van der Waals surface area contributed by atoms with Gasteiger partial charge in [-0.25, -0.2) is 0 Å². The summed E-state index contributed by atoms with van der Waals surface area (Å²) in [5.74, 6) is 0.734. The molecule has 0 aliphatic rings. The molecule has 2 rings (SSSR count). The molecule has 21 heavy (non-hydrogen) atoms. The van der Waals surface area contributed by atoms with Crippen LogP contribution < -0.4 is 10.6 Å². The van der Waals surface area contributed by atoms with Gasteiger partial charge in [-0.3, -0.25) is 4.68 Å². The highest BCUT2D eigenvalue weighted by molar-refractivity contribution is 7.80. The van der Waals surface area contributed by atoms with Gasteiger partial charge in [-0.2, -0.15) is 5.10 Å². The van der Waals surface area contributed by atoms with Crippen LogP contribution in [-0.2, 0) is 6.54 Å². The van der Waals surface area contributed by atoms with Gasteiger partial charge in [-0.1, -0.05) is 29.8 Å². The van der Waals surface area contributed by atoms with Crippen molar-refractivity contribution in [2.45, 2.75) is 33.4 Å². The molecule has 0 spiro atoms. The average Bonchev–Trinajstić information content (AvgIpc) is 2.71. The Labute approximate surface area is 135 Å². The maximum atomic E-state index is 6.19. The smallest absolute Gasteiger partial charge is 0.172 e. The highest BCUT2D eigenvalue weighted by Crippen LogP contribution is 2.18. The largest absolute Gasteiger partial charge is 0.360 e. The molecule has 0 atom stereocenters. The van der Waals surface area contributed by atoms with Gasteiger partial charge >= 0.3 is 0 Å². The lowest BCUT2D eigenvalue weighted by molar-refractivity contribution is 0.667. The van der Waals surface area contributed by atoms with Gasteiger partial charge in [0.05, 0.1) is 6.54 Å². The number of nitrogens with zero attached hydrogens (tertiary/aromatic N) is 2. The summed E-state index contributed by atoms with van der Waals surface area (Å²) in [5.41, 5.74) is 2.09. The molecule has 6 heteroatoms. The normalized spacial score (nSPS) is 10.7. The van der Waals surface area contributed by atoms with Crippen LogP contribution >= 0.6 is 23.8 Å². The van der Waals surface area contributed by atoms with Crippen LogP contribution in [0.25, 0.3) is 0 Å². The zero-order valence-electron chi connectivity index (χ0n) is 12.4. The van der Waals surface area contributed by atoms with E-state index < -0.39 is 0 Å². The summed E-state index contributed by atoms with van der Waals surface area (Å²) >= 11 is 11.4. The van der Waals surface area contributed by atoms with Gasteiger partial charge in [-0.05, 0) is 44.6 Å². The Morgan fingerprint density at radius 3 is 2.76 bits per heavy atom. The number of hydrogen-bond acceptors (Lipinski definition) is 2. The lowest BCUT2D eigenvalue weighted by Crippen LogP contribution is -2.34. The Kier molecular flexibility index (Phi) is 5.20. The summed E-state index contributed by atoms with van der Waals surface area (Å²) in [4.78, 5) is 0. The van der Waals surface area contributed by atoms with E-state index in [9.17, 15) is 0 Å². The van der Waals surface area contributed by atoms with Crippen molar-refractivity contribution < 1.29 is 0 Å². The second kappa shape index (κ2) is 6.91. The number of anilines is 1. The van der Waals surface area contributed by atoms with E-state index in [1.165, 1.54) is 0 Å². The van der Waals surface area contributed by atoms with Crippen LogP contribution in [0.5, 0.6) is 0 Å². The molecule has 1 aromatic carbocycles. The number of thiocarbonyl (C=S) groups is 1. The van der Waals surface area contributed by atoms with Gasteiger partial charge < -0.3 is 10.6 Å². The first kappa shape index (κ1) is 15.8. The molecule has 112 valence electrons. The minimum atomic E-state index is 0.288. The molecule has 2 N–H and O–H groups in total. The Bertz CT molecular complexity index is 636. The van der Waals surface area contributed by atoms with Crippen molar-refractivity contribution in [2.24, 2.45) is 0 Å². The number of rotatable bonds is 4. The van der Waals surface area contributed by atoms with E-state index in [-0.39, 0.29) is 6.04 Å². The van der Waals surface area contributed by atoms with E-state index >= 15 is 0 Å². The van der Waals surface area contributed by atoms with Crippen LogP contribution in [0.2, 0.25) is 5.02 Å². The summed E-state index contributed by atoms with van der Waals surface area (Å²) < 4.78 is 1.90. The SMILES string of the molecule is Cc1cc(NC(=S)NC(C)C)nn1Cc1ccccc1Cl. The number of halogens is 1. The van der Waals surface area contributed by atoms with Crippen molar-refractivity contribution in [2.75, 3.05) is 5.32 Å². The minimum absolute atomic E-state index is 0.288. The molecular weight excluding hydrogens is 304 g/mol. The third kappa shape index (κ3) is 4.44. The molecule has 1 aromatic heterocycles. The van der Waals surface area contributed by atoms with Crippen LogP contribution in [0.4, 0.5) is 5.82 Å². The number of aryl methyl sites for hydroxylation is 1. The van der Waals surface area contributed by atoms with Gasteiger partial charge in [-0.15, -0.1) is 0 Å². The quantitative estimate of drug-likeness (QED) is 0.844. The van der Waals surface area contributed by atoms with Crippen LogP contribution in [0, 0.1) is 6.92 Å². The van der Waals surface area contributed by atoms with Gasteiger partial charge in [0, 0.05) is 22.8 Å². The Balaban J connectivity index is 2.09. The third-order valence-electron chi connectivity index (χ3n) is 2.92. The van der Waals surface area contributed by atoms with Crippen molar-refractivity contribution >= 4 is 34.7 Å². The first-order chi connectivity index (χ1) is 9.95. The van der Waals surface area contributed by atoms with Gasteiger partial charge in [0.1, 0.15) is 0 Å². The van der Waals surface area contributed by atoms with E-state index in [0.717, 1.165) is 22.1 Å². The Morgan fingerprint density at radius 2 is 2.10 bits per heavy atom. The summed E-state index contributed by atoms with van der Waals surface area (Å²) in [7, 11) is 0. The van der Waals surface area contributed by atoms with Crippen molar-refractivity contribution in [1.82, 2.24) is 15.1 Å². The maximum Gasteiger partial charge on any atom is 0.172 e. The summed E-state index contributed by atoms with van der Waals surface area (Å²) in [6, 6.07) is 10.0. The average molecular weight is 323 g/mol. The number of nitrogens with one attached hydrogen (secondary N) is 2. The standard InChI is InChI=1S/C15H19ClN4S/c1-10(2)17-15(21)18-14-8-11(3)20(19-14)9-12-6-4-5-7-13(12)16/h4-8,10H,9H2,1-3H3,(H2,17,18,19,21). The molecular formula is C15H19ClN4S. The summed E-state index contributed by atoms with van der Waals surface area (Å²) in [6.07, 6.45) is 0. The molecule has 0 saturated heterocycles. The van der Waals surface area contributed by atoms with Crippen molar-refractivity contribution in [3.8, 4) is 0 Å². The van der Waals surface area contributed by atoms with Gasteiger partial charge in [0.2, 0.25) is 0 Å². The highest BCUT2D eigenvalue weighted by Gasteiger charge is 2.08. The number of hydrogen-bond donors (Lipinski definition) is 2. The fourth-order valence-electron chi connectivity index (χ4n) is 1.93. The van der Waals surface area contributed by atoms with E-state index in [4.69, 9.17) is 23.8 Å². The lowest BCUT2D eigenvalue weighted by atomic mass is 10.2. The molecule has 0 radical (unpaired) electrons. The van der Waals surface area contributed by atoms with Crippen LogP contribution in [0.15, 0.2) is 30.3 Å². The second-order valence-electron chi connectivity index (χ2n) is 5.17. The monoisotopic (exact) mass is 322 g/mol. The fraction of sp³-hybridized carbons (Fsp3) is 0.333. The van der Waals surface area contributed by atoms with Gasteiger partial charge in [0.25, 0.3) is 0 Å². The highest BCUT2D eigenvalue weighted by atomic mass is 35.5. The maximum absolute atomic E-state index is 6.19. The number of aromatic nitrogens is 2. The van der Waals surface area contributed by atoms with E-state index in [1.807, 2.05) is 55.8 Å². The summed E-state index contributed by atoms with van der Waals surface area (Å²) in [6.45, 7) is 6.72. The van der Waals surface area contributed by atoms with Crippen molar-refractivity contribution in [1.29, 1.82) is 0 Å². The summed E-state index contributed by atoms with van der Waals surface area (Å²) in [5, 5.41) is 12.1. The van der Waals surface area contributed by atoms with E-state index in [1.54, 1.807) is 0 Å². The van der Waals surface area contributed by atoms with Gasteiger partial charge in [0.15, 0.2) is 10.9 Å². The van der Waals surface area contributed by atoms with Crippen molar-refractivity contribution in [3.63, 3.8) is 0 Å². The Hall–Kier alpha value is -1.59. The van der Waals surface area contributed by atoms with E-state index in [2.05, 4.69) is 15.7 Å². The molecule has 0 fully saturated rings.